The molecule has 0 fully saturated rings. The molecular formula is H6Ca3O12Si3. The zero-order valence-electron chi connectivity index (χ0n) is 8.75. The summed E-state index contributed by atoms with van der Waals surface area (Å²) in [4.78, 5) is 95.4. The van der Waals surface area contributed by atoms with E-state index >= 15 is 0 Å². The minimum absolute atomic E-state index is 0. The van der Waals surface area contributed by atoms with Crippen molar-refractivity contribution in [1.29, 1.82) is 0 Å². The van der Waals surface area contributed by atoms with Crippen molar-refractivity contribution in [3.8, 4) is 0 Å². The van der Waals surface area contributed by atoms with Crippen molar-refractivity contribution in [3.05, 3.63) is 0 Å². The van der Waals surface area contributed by atoms with Crippen molar-refractivity contribution >= 4 is 140 Å². The second kappa shape index (κ2) is 17.3. The Morgan fingerprint density at radius 3 is 0.500 bits per heavy atom. The van der Waals surface area contributed by atoms with Crippen molar-refractivity contribution < 1.29 is 57.5 Å². The summed E-state index contributed by atoms with van der Waals surface area (Å²) in [7, 11) is -15.3. The Labute approximate surface area is 194 Å². The second-order valence-corrected chi connectivity index (χ2v) is 4.95. The smallest absolute Gasteiger partial charge is 0.894 e. The molecular weight excluding hydrogens is 396 g/mol. The van der Waals surface area contributed by atoms with E-state index in [1.54, 1.807) is 0 Å². The van der Waals surface area contributed by atoms with Gasteiger partial charge in [0.25, 0.3) is 0 Å². The third-order valence-electron chi connectivity index (χ3n) is 0. The van der Waals surface area contributed by atoms with Gasteiger partial charge in [0.05, 0.1) is 0 Å². The standard InChI is InChI=1S/3Ca.H4O4Si.H2O4Si.O4Si/c;;;3*1-5(2,3)4/h;;;1-4H;1-2H;/q3*+2;;-2;-4. The maximum atomic E-state index is 8.80. The molecule has 0 aromatic carbocycles. The first-order valence-corrected chi connectivity index (χ1v) is 7.70. The number of rotatable bonds is 0. The molecule has 0 amide bonds. The van der Waals surface area contributed by atoms with E-state index in [1.165, 1.54) is 0 Å². The van der Waals surface area contributed by atoms with Crippen LogP contribution in [0.3, 0.4) is 0 Å². The zero-order chi connectivity index (χ0) is 13.5. The molecule has 12 nitrogen and oxygen atoms in total. The van der Waals surface area contributed by atoms with E-state index in [1.807, 2.05) is 0 Å². The predicted octanol–water partition coefficient (Wildman–Crippen LogP) is -12.8. The molecule has 18 heavy (non-hydrogen) atoms. The van der Waals surface area contributed by atoms with E-state index in [4.69, 9.17) is 57.5 Å². The maximum Gasteiger partial charge on any atom is 2.00 e. The van der Waals surface area contributed by atoms with E-state index in [0.717, 1.165) is 0 Å². The van der Waals surface area contributed by atoms with E-state index < -0.39 is 27.1 Å². The first-order chi connectivity index (χ1) is 6.00. The summed E-state index contributed by atoms with van der Waals surface area (Å²) < 4.78 is 0. The van der Waals surface area contributed by atoms with Gasteiger partial charge in [0.1, 0.15) is 9.05 Å². The van der Waals surface area contributed by atoms with E-state index in [-0.39, 0.29) is 113 Å². The van der Waals surface area contributed by atoms with E-state index in [0.29, 0.717) is 0 Å². The van der Waals surface area contributed by atoms with Gasteiger partial charge < -0.3 is 66.6 Å². The van der Waals surface area contributed by atoms with Gasteiger partial charge in [-0.05, 0) is 0 Å². The van der Waals surface area contributed by atoms with Gasteiger partial charge in [0.2, 0.25) is 0 Å². The molecule has 96 valence electrons. The Hall–Kier alpha value is 3.95. The largest absolute Gasteiger partial charge is 2.00 e. The van der Waals surface area contributed by atoms with Gasteiger partial charge in [-0.1, -0.05) is 0 Å². The molecule has 0 aliphatic rings. The summed E-state index contributed by atoms with van der Waals surface area (Å²) in [5.41, 5.74) is 0. The average Bonchev–Trinajstić information content (AvgIpc) is 1.41. The second-order valence-electron chi connectivity index (χ2n) is 1.65. The zero-order valence-corrected chi connectivity index (χ0v) is 18.4. The molecule has 0 aromatic heterocycles. The fraction of sp³-hybridized carbons (Fsp3) is 0. The topological polar surface area (TPSA) is 260 Å². The normalized spacial score (nSPS) is 10.0. The first kappa shape index (κ1) is 37.9. The monoisotopic (exact) mass is 402 g/mol. The summed E-state index contributed by atoms with van der Waals surface area (Å²) in [6, 6.07) is 0. The summed E-state index contributed by atoms with van der Waals surface area (Å²) >= 11 is 0. The SMILES string of the molecule is O[Si](O)(O)O.[Ca+2].[Ca+2].[Ca+2].[O-][Si]([O-])(O)O.[O-][Si]([O-])([O-])[O-]. The van der Waals surface area contributed by atoms with Gasteiger partial charge in [-0.2, -0.15) is 0 Å². The van der Waals surface area contributed by atoms with Gasteiger partial charge >= 0.3 is 122 Å². The first-order valence-electron chi connectivity index (χ1n) is 2.57. The van der Waals surface area contributed by atoms with E-state index in [9.17, 15) is 0 Å². The third kappa shape index (κ3) is 459. The van der Waals surface area contributed by atoms with Gasteiger partial charge in [-0.25, -0.2) is 0 Å². The van der Waals surface area contributed by atoms with Gasteiger partial charge in [0, 0.05) is 0 Å². The molecule has 0 aromatic rings. The molecule has 0 bridgehead atoms. The van der Waals surface area contributed by atoms with Crippen LogP contribution in [0.25, 0.3) is 0 Å². The molecule has 0 spiro atoms. The van der Waals surface area contributed by atoms with E-state index in [2.05, 4.69) is 0 Å². The molecule has 0 rings (SSSR count). The Morgan fingerprint density at radius 2 is 0.500 bits per heavy atom. The summed E-state index contributed by atoms with van der Waals surface area (Å²) in [5, 5.41) is 0. The van der Waals surface area contributed by atoms with Crippen molar-refractivity contribution in [2.45, 2.75) is 0 Å². The van der Waals surface area contributed by atoms with Crippen LogP contribution in [-0.2, 0) is 0 Å². The van der Waals surface area contributed by atoms with Crippen LogP contribution in [-0.4, -0.2) is 169 Å². The minimum atomic E-state index is -5.61. The molecule has 0 unspecified atom stereocenters. The Morgan fingerprint density at radius 1 is 0.500 bits per heavy atom. The summed E-state index contributed by atoms with van der Waals surface area (Å²) in [5.74, 6) is 0. The minimum Gasteiger partial charge on any atom is -0.894 e. The fourth-order valence-corrected chi connectivity index (χ4v) is 0. The molecule has 0 aliphatic carbocycles. The van der Waals surface area contributed by atoms with Gasteiger partial charge in [0.15, 0.2) is 0 Å². The Bertz CT molecular complexity index is 97.6. The van der Waals surface area contributed by atoms with Crippen LogP contribution in [0, 0.1) is 0 Å². The summed E-state index contributed by atoms with van der Waals surface area (Å²) in [6.07, 6.45) is 0. The van der Waals surface area contributed by atoms with Gasteiger partial charge in [-0.15, -0.1) is 0 Å². The molecule has 18 heteroatoms. The van der Waals surface area contributed by atoms with Crippen LogP contribution >= 0.6 is 0 Å². The number of hydrogen-bond donors (Lipinski definition) is 6. The molecule has 0 atom stereocenters. The van der Waals surface area contributed by atoms with Crippen molar-refractivity contribution in [1.82, 2.24) is 0 Å². The van der Waals surface area contributed by atoms with Gasteiger partial charge in [-0.3, -0.25) is 0 Å². The molecule has 6 N–H and O–H groups in total. The Balaban J connectivity index is -0.0000000277. The molecule has 0 saturated heterocycles. The van der Waals surface area contributed by atoms with Crippen LogP contribution in [0.2, 0.25) is 0 Å². The fourth-order valence-electron chi connectivity index (χ4n) is 0. The van der Waals surface area contributed by atoms with Crippen molar-refractivity contribution in [2.24, 2.45) is 0 Å². The van der Waals surface area contributed by atoms with Crippen LogP contribution in [0.15, 0.2) is 0 Å². The molecule has 0 saturated carbocycles. The van der Waals surface area contributed by atoms with Crippen molar-refractivity contribution in [2.75, 3.05) is 0 Å². The molecule has 0 heterocycles. The van der Waals surface area contributed by atoms with Crippen LogP contribution in [0.4, 0.5) is 0 Å². The van der Waals surface area contributed by atoms with Crippen molar-refractivity contribution in [3.63, 3.8) is 0 Å². The quantitative estimate of drug-likeness (QED) is 0.206. The molecule has 0 aliphatic heterocycles. The van der Waals surface area contributed by atoms with Crippen LogP contribution < -0.4 is 28.8 Å². The average molecular weight is 403 g/mol. The summed E-state index contributed by atoms with van der Waals surface area (Å²) in [6.45, 7) is 0. The maximum absolute atomic E-state index is 8.80. The number of hydrogen-bond acceptors (Lipinski definition) is 12. The third-order valence-corrected chi connectivity index (χ3v) is 0. The Kier molecular flexibility index (Phi) is 36.4. The van der Waals surface area contributed by atoms with Crippen LogP contribution in [0.5, 0.6) is 0 Å². The molecule has 0 radical (unpaired) electrons. The predicted molar refractivity (Wildman–Crippen MR) is 47.8 cm³/mol. The van der Waals surface area contributed by atoms with Crippen LogP contribution in [0.1, 0.15) is 0 Å².